The molecular weight excluding hydrogens is 443 g/mol. The number of aromatic nitrogens is 3. The number of anilines is 1. The van der Waals surface area contributed by atoms with E-state index in [1.54, 1.807) is 42.5 Å². The summed E-state index contributed by atoms with van der Waals surface area (Å²) >= 11 is 1.26. The summed E-state index contributed by atoms with van der Waals surface area (Å²) in [6.45, 7) is 2.43. The molecule has 7 nitrogen and oxygen atoms in total. The zero-order valence-corrected chi connectivity index (χ0v) is 19.1. The lowest BCUT2D eigenvalue weighted by Crippen LogP contribution is -2.15. The van der Waals surface area contributed by atoms with Crippen molar-refractivity contribution in [2.45, 2.75) is 43.8 Å². The second-order valence-electron chi connectivity index (χ2n) is 7.79. The number of halogens is 1. The lowest BCUT2D eigenvalue weighted by Gasteiger charge is -2.10. The Morgan fingerprint density at radius 3 is 2.61 bits per heavy atom. The van der Waals surface area contributed by atoms with Gasteiger partial charge in [0.1, 0.15) is 5.82 Å². The van der Waals surface area contributed by atoms with Gasteiger partial charge in [-0.2, -0.15) is 0 Å². The number of esters is 1. The topological polar surface area (TPSA) is 86.1 Å². The molecule has 1 amide bonds. The van der Waals surface area contributed by atoms with Crippen LogP contribution in [0.1, 0.15) is 49.0 Å². The molecule has 3 aromatic rings. The fraction of sp³-hybridized carbons (Fsp3) is 0.333. The van der Waals surface area contributed by atoms with Crippen molar-refractivity contribution in [3.05, 3.63) is 59.9 Å². The van der Waals surface area contributed by atoms with Crippen LogP contribution >= 0.6 is 11.8 Å². The fourth-order valence-corrected chi connectivity index (χ4v) is 4.08. The molecule has 1 aliphatic carbocycles. The molecule has 172 valence electrons. The molecule has 0 atom stereocenters. The van der Waals surface area contributed by atoms with Crippen molar-refractivity contribution in [1.29, 1.82) is 0 Å². The van der Waals surface area contributed by atoms with Crippen molar-refractivity contribution < 1.29 is 18.7 Å². The number of carbonyl (C=O) groups is 2. The second kappa shape index (κ2) is 10.6. The molecule has 0 spiro atoms. The molecule has 4 rings (SSSR count). The molecule has 1 aromatic heterocycles. The molecule has 1 heterocycles. The highest BCUT2D eigenvalue weighted by Gasteiger charge is 2.31. The number of nitrogens with zero attached hydrogens (tertiary/aromatic N) is 3. The lowest BCUT2D eigenvalue weighted by atomic mass is 10.2. The molecule has 1 fully saturated rings. The van der Waals surface area contributed by atoms with Gasteiger partial charge in [0.25, 0.3) is 0 Å². The average Bonchev–Trinajstić information content (AvgIpc) is 3.57. The van der Waals surface area contributed by atoms with Gasteiger partial charge in [0, 0.05) is 11.7 Å². The third-order valence-corrected chi connectivity index (χ3v) is 6.10. The monoisotopic (exact) mass is 468 g/mol. The Hall–Kier alpha value is -3.20. The first-order valence-electron chi connectivity index (χ1n) is 11.0. The first-order chi connectivity index (χ1) is 16.1. The number of benzene rings is 2. The minimum Gasteiger partial charge on any atom is -0.462 e. The van der Waals surface area contributed by atoms with Crippen LogP contribution in [0, 0.1) is 5.82 Å². The van der Waals surface area contributed by atoms with E-state index in [-0.39, 0.29) is 29.5 Å². The van der Waals surface area contributed by atoms with E-state index in [2.05, 4.69) is 15.5 Å². The minimum absolute atomic E-state index is 0.128. The molecule has 0 bridgehead atoms. The number of thioether (sulfide) groups is 1. The van der Waals surface area contributed by atoms with Crippen LogP contribution in [0.15, 0.2) is 53.7 Å². The molecule has 1 saturated carbocycles. The van der Waals surface area contributed by atoms with Crippen molar-refractivity contribution >= 4 is 29.3 Å². The molecule has 33 heavy (non-hydrogen) atoms. The van der Waals surface area contributed by atoms with Gasteiger partial charge < -0.3 is 10.1 Å². The summed E-state index contributed by atoms with van der Waals surface area (Å²) in [5.41, 5.74) is 1.43. The Balaban J connectivity index is 1.36. The largest absolute Gasteiger partial charge is 0.462 e. The molecule has 9 heteroatoms. The Bertz CT molecular complexity index is 1130. The van der Waals surface area contributed by atoms with E-state index < -0.39 is 0 Å². The Kier molecular flexibility index (Phi) is 7.39. The summed E-state index contributed by atoms with van der Waals surface area (Å²) < 4.78 is 21.4. The van der Waals surface area contributed by atoms with Gasteiger partial charge in [0.15, 0.2) is 11.0 Å². The van der Waals surface area contributed by atoms with Crippen molar-refractivity contribution in [2.75, 3.05) is 17.7 Å². The van der Waals surface area contributed by atoms with E-state index in [0.29, 0.717) is 34.4 Å². The van der Waals surface area contributed by atoms with Gasteiger partial charge in [-0.15, -0.1) is 10.2 Å². The maximum absolute atomic E-state index is 14.3. The highest BCUT2D eigenvalue weighted by Crippen LogP contribution is 2.41. The van der Waals surface area contributed by atoms with Gasteiger partial charge in [-0.05, 0) is 55.7 Å². The summed E-state index contributed by atoms with van der Waals surface area (Å²) in [4.78, 5) is 24.4. The molecule has 1 aliphatic rings. The predicted octanol–water partition coefficient (Wildman–Crippen LogP) is 5.11. The van der Waals surface area contributed by atoms with Crippen LogP contribution in [0.25, 0.3) is 11.4 Å². The highest BCUT2D eigenvalue weighted by molar-refractivity contribution is 7.99. The van der Waals surface area contributed by atoms with Crippen LogP contribution in [0.4, 0.5) is 10.1 Å². The van der Waals surface area contributed by atoms with Crippen LogP contribution < -0.4 is 5.32 Å². The smallest absolute Gasteiger partial charge is 0.338 e. The van der Waals surface area contributed by atoms with E-state index in [1.807, 2.05) is 11.5 Å². The number of hydrogen-bond donors (Lipinski definition) is 1. The molecule has 0 saturated heterocycles. The summed E-state index contributed by atoms with van der Waals surface area (Å²) in [6.07, 6.45) is 3.74. The summed E-state index contributed by atoms with van der Waals surface area (Å²) in [5, 5.41) is 11.8. The molecule has 1 N–H and O–H groups in total. The van der Waals surface area contributed by atoms with Gasteiger partial charge in [-0.25, -0.2) is 9.18 Å². The molecule has 0 radical (unpaired) electrons. The number of carbonyl (C=O) groups excluding carboxylic acids is 2. The number of amides is 1. The zero-order valence-electron chi connectivity index (χ0n) is 18.3. The quantitative estimate of drug-likeness (QED) is 0.253. The van der Waals surface area contributed by atoms with Crippen LogP contribution in [-0.2, 0) is 9.53 Å². The minimum atomic E-state index is -0.373. The van der Waals surface area contributed by atoms with E-state index in [1.165, 1.54) is 17.8 Å². The van der Waals surface area contributed by atoms with E-state index in [0.717, 1.165) is 25.7 Å². The van der Waals surface area contributed by atoms with E-state index in [9.17, 15) is 14.0 Å². The SMILES string of the molecule is CCCCOC(=O)c1ccc(NC(=O)CSc2nnc(-c3ccccc3F)n2C2CC2)cc1. The average molecular weight is 469 g/mol. The standard InChI is InChI=1S/C24H25FN4O3S/c1-2-3-14-32-23(31)16-8-10-17(11-9-16)26-21(30)15-33-24-28-27-22(29(24)18-12-13-18)19-6-4-5-7-20(19)25/h4-11,18H,2-3,12-15H2,1H3,(H,26,30). The van der Waals surface area contributed by atoms with Crippen molar-refractivity contribution in [1.82, 2.24) is 14.8 Å². The lowest BCUT2D eigenvalue weighted by molar-refractivity contribution is -0.113. The maximum atomic E-state index is 14.3. The van der Waals surface area contributed by atoms with E-state index in [4.69, 9.17) is 4.74 Å². The highest BCUT2D eigenvalue weighted by atomic mass is 32.2. The van der Waals surface area contributed by atoms with Gasteiger partial charge in [0.05, 0.1) is 23.5 Å². The summed E-state index contributed by atoms with van der Waals surface area (Å²) in [6, 6.07) is 13.3. The van der Waals surface area contributed by atoms with Gasteiger partial charge in [-0.1, -0.05) is 37.2 Å². The molecule has 2 aromatic carbocycles. The van der Waals surface area contributed by atoms with Gasteiger partial charge >= 0.3 is 5.97 Å². The predicted molar refractivity (Wildman–Crippen MR) is 125 cm³/mol. The Morgan fingerprint density at radius 1 is 1.15 bits per heavy atom. The van der Waals surface area contributed by atoms with Crippen molar-refractivity contribution in [3.8, 4) is 11.4 Å². The van der Waals surface area contributed by atoms with E-state index >= 15 is 0 Å². The van der Waals surface area contributed by atoms with Crippen LogP contribution in [0.5, 0.6) is 0 Å². The van der Waals surface area contributed by atoms with Gasteiger partial charge in [-0.3, -0.25) is 9.36 Å². The Morgan fingerprint density at radius 2 is 1.91 bits per heavy atom. The summed E-state index contributed by atoms with van der Waals surface area (Å²) in [7, 11) is 0. The summed E-state index contributed by atoms with van der Waals surface area (Å²) in [5.74, 6) is -0.320. The number of ether oxygens (including phenoxy) is 1. The third-order valence-electron chi connectivity index (χ3n) is 5.16. The molecular formula is C24H25FN4O3S. The van der Waals surface area contributed by atoms with Gasteiger partial charge in [0.2, 0.25) is 5.91 Å². The fourth-order valence-electron chi connectivity index (χ4n) is 3.27. The maximum Gasteiger partial charge on any atom is 0.338 e. The number of hydrogen-bond acceptors (Lipinski definition) is 6. The van der Waals surface area contributed by atoms with Crippen molar-refractivity contribution in [2.24, 2.45) is 0 Å². The van der Waals surface area contributed by atoms with Crippen molar-refractivity contribution in [3.63, 3.8) is 0 Å². The van der Waals surface area contributed by atoms with Crippen LogP contribution in [0.3, 0.4) is 0 Å². The first kappa shape index (κ1) is 23.0. The molecule has 0 unspecified atom stereocenters. The number of rotatable bonds is 10. The molecule has 0 aliphatic heterocycles. The normalized spacial score (nSPS) is 13.0. The second-order valence-corrected chi connectivity index (χ2v) is 8.73. The Labute approximate surface area is 195 Å². The number of nitrogens with one attached hydrogen (secondary N) is 1. The number of unbranched alkanes of at least 4 members (excludes halogenated alkanes) is 1. The van der Waals surface area contributed by atoms with Crippen LogP contribution in [0.2, 0.25) is 0 Å². The third kappa shape index (κ3) is 5.78. The first-order valence-corrected chi connectivity index (χ1v) is 11.9. The zero-order chi connectivity index (χ0) is 23.2. The van der Waals surface area contributed by atoms with Crippen LogP contribution in [-0.4, -0.2) is 39.0 Å².